The lowest BCUT2D eigenvalue weighted by molar-refractivity contribution is 0.0600. The minimum atomic E-state index is -0.345. The highest BCUT2D eigenvalue weighted by Gasteiger charge is 2.09. The van der Waals surface area contributed by atoms with Gasteiger partial charge in [0.1, 0.15) is 0 Å². The smallest absolute Gasteiger partial charge is 0.337 e. The number of hydrogen-bond acceptors (Lipinski definition) is 3. The molecule has 1 aromatic rings. The molecule has 17 heavy (non-hydrogen) atoms. The van der Waals surface area contributed by atoms with E-state index in [1.54, 1.807) is 18.3 Å². The van der Waals surface area contributed by atoms with Crippen LogP contribution in [0.2, 0.25) is 0 Å². The van der Waals surface area contributed by atoms with E-state index >= 15 is 0 Å². The maximum Gasteiger partial charge on any atom is 0.337 e. The van der Waals surface area contributed by atoms with Gasteiger partial charge in [0.25, 0.3) is 0 Å². The minimum absolute atomic E-state index is 0.138. The lowest BCUT2D eigenvalue weighted by atomic mass is 10.1. The Kier molecular flexibility index (Phi) is 4.46. The van der Waals surface area contributed by atoms with Gasteiger partial charge in [-0.15, -0.1) is 0 Å². The molecule has 3 nitrogen and oxygen atoms in total. The molecule has 0 saturated heterocycles. The van der Waals surface area contributed by atoms with Gasteiger partial charge in [0.2, 0.25) is 0 Å². The molecule has 0 aromatic heterocycles. The van der Waals surface area contributed by atoms with E-state index in [4.69, 9.17) is 0 Å². The molecule has 0 N–H and O–H groups in total. The van der Waals surface area contributed by atoms with Crippen molar-refractivity contribution in [1.82, 2.24) is 0 Å². The first-order valence-electron chi connectivity index (χ1n) is 5.26. The Bertz CT molecular complexity index is 447. The zero-order valence-electron chi connectivity index (χ0n) is 10.5. The third-order valence-corrected chi connectivity index (χ3v) is 2.73. The van der Waals surface area contributed by atoms with Crippen molar-refractivity contribution in [3.63, 3.8) is 0 Å². The van der Waals surface area contributed by atoms with Crippen LogP contribution in [0, 0.1) is 0 Å². The van der Waals surface area contributed by atoms with Crippen molar-refractivity contribution in [1.29, 1.82) is 0 Å². The Morgan fingerprint density at radius 2 is 2.06 bits per heavy atom. The zero-order valence-corrected chi connectivity index (χ0v) is 12.0. The summed E-state index contributed by atoms with van der Waals surface area (Å²) in [6.07, 6.45) is 1.76. The number of carbonyl (C=O) groups is 1. The van der Waals surface area contributed by atoms with Crippen molar-refractivity contribution in [2.45, 2.75) is 26.3 Å². The van der Waals surface area contributed by atoms with Gasteiger partial charge >= 0.3 is 5.97 Å². The Morgan fingerprint density at radius 1 is 1.41 bits per heavy atom. The number of aliphatic imine (C=N–C) groups is 1. The lowest BCUT2D eigenvalue weighted by Crippen LogP contribution is -2.10. The summed E-state index contributed by atoms with van der Waals surface area (Å²) in [4.78, 5) is 15.8. The Balaban J connectivity index is 3.07. The molecule has 0 amide bonds. The van der Waals surface area contributed by atoms with E-state index in [1.165, 1.54) is 7.11 Å². The van der Waals surface area contributed by atoms with Gasteiger partial charge < -0.3 is 4.74 Å². The predicted octanol–water partition coefficient (Wildman–Crippen LogP) is 3.45. The number of methoxy groups -OCH3 is 1. The topological polar surface area (TPSA) is 38.7 Å². The quantitative estimate of drug-likeness (QED) is 0.619. The number of esters is 1. The molecule has 0 radical (unpaired) electrons. The molecule has 0 atom stereocenters. The van der Waals surface area contributed by atoms with Gasteiger partial charge in [0, 0.05) is 16.3 Å². The molecule has 0 aliphatic rings. The van der Waals surface area contributed by atoms with E-state index in [9.17, 15) is 4.79 Å². The van der Waals surface area contributed by atoms with E-state index < -0.39 is 0 Å². The van der Waals surface area contributed by atoms with Crippen molar-refractivity contribution in [2.24, 2.45) is 4.99 Å². The van der Waals surface area contributed by atoms with Crippen LogP contribution in [0.1, 0.15) is 36.7 Å². The maximum atomic E-state index is 11.4. The summed E-state index contributed by atoms with van der Waals surface area (Å²) in [6.45, 7) is 6.05. The first kappa shape index (κ1) is 13.9. The van der Waals surface area contributed by atoms with E-state index in [2.05, 4.69) is 25.7 Å². The number of halogens is 1. The molecule has 1 rings (SSSR count). The minimum Gasteiger partial charge on any atom is -0.465 e. The van der Waals surface area contributed by atoms with Crippen LogP contribution in [0.3, 0.4) is 0 Å². The normalized spacial score (nSPS) is 11.8. The van der Waals surface area contributed by atoms with E-state index in [-0.39, 0.29) is 11.5 Å². The average molecular weight is 298 g/mol. The third kappa shape index (κ3) is 4.30. The number of benzene rings is 1. The molecule has 0 unspecified atom stereocenters. The van der Waals surface area contributed by atoms with Crippen molar-refractivity contribution in [3.05, 3.63) is 33.8 Å². The van der Waals surface area contributed by atoms with Crippen LogP contribution in [0.25, 0.3) is 0 Å². The average Bonchev–Trinajstić information content (AvgIpc) is 2.26. The molecular weight excluding hydrogens is 282 g/mol. The molecule has 1 aromatic carbocycles. The SMILES string of the molecule is COC(=O)c1ccc(Br)c(C=NC(C)(C)C)c1. The van der Waals surface area contributed by atoms with Crippen molar-refractivity contribution in [3.8, 4) is 0 Å². The van der Waals surface area contributed by atoms with E-state index in [1.807, 2.05) is 26.8 Å². The van der Waals surface area contributed by atoms with Gasteiger partial charge in [-0.1, -0.05) is 15.9 Å². The fourth-order valence-electron chi connectivity index (χ4n) is 1.15. The molecular formula is C13H16BrNO2. The second-order valence-corrected chi connectivity index (χ2v) is 5.51. The number of rotatable bonds is 2. The summed E-state index contributed by atoms with van der Waals surface area (Å²) in [5, 5.41) is 0. The molecule has 0 aliphatic carbocycles. The first-order valence-corrected chi connectivity index (χ1v) is 6.06. The van der Waals surface area contributed by atoms with Gasteiger partial charge in [-0.2, -0.15) is 0 Å². The molecule has 0 aliphatic heterocycles. The fourth-order valence-corrected chi connectivity index (χ4v) is 1.50. The van der Waals surface area contributed by atoms with Crippen LogP contribution in [0.5, 0.6) is 0 Å². The van der Waals surface area contributed by atoms with Crippen molar-refractivity contribution < 1.29 is 9.53 Å². The highest BCUT2D eigenvalue weighted by molar-refractivity contribution is 9.10. The number of ether oxygens (including phenoxy) is 1. The molecule has 4 heteroatoms. The van der Waals surface area contributed by atoms with Gasteiger partial charge in [-0.25, -0.2) is 4.79 Å². The van der Waals surface area contributed by atoms with Crippen LogP contribution in [0.4, 0.5) is 0 Å². The van der Waals surface area contributed by atoms with Crippen LogP contribution >= 0.6 is 15.9 Å². The van der Waals surface area contributed by atoms with Crippen LogP contribution in [0.15, 0.2) is 27.7 Å². The van der Waals surface area contributed by atoms with Crippen molar-refractivity contribution in [2.75, 3.05) is 7.11 Å². The van der Waals surface area contributed by atoms with Crippen LogP contribution in [-0.2, 0) is 4.74 Å². The highest BCUT2D eigenvalue weighted by Crippen LogP contribution is 2.18. The summed E-state index contributed by atoms with van der Waals surface area (Å²) in [7, 11) is 1.37. The van der Waals surface area contributed by atoms with Gasteiger partial charge in [-0.05, 0) is 39.0 Å². The van der Waals surface area contributed by atoms with Crippen LogP contribution in [-0.4, -0.2) is 24.8 Å². The third-order valence-electron chi connectivity index (χ3n) is 2.01. The molecule has 0 fully saturated rings. The fraction of sp³-hybridized carbons (Fsp3) is 0.385. The molecule has 0 bridgehead atoms. The number of nitrogens with zero attached hydrogens (tertiary/aromatic N) is 1. The van der Waals surface area contributed by atoms with Gasteiger partial charge in [-0.3, -0.25) is 4.99 Å². The standard InChI is InChI=1S/C13H16BrNO2/c1-13(2,3)15-8-10-7-9(12(16)17-4)5-6-11(10)14/h5-8H,1-4H3. The monoisotopic (exact) mass is 297 g/mol. The van der Waals surface area contributed by atoms with Gasteiger partial charge in [0.15, 0.2) is 0 Å². The van der Waals surface area contributed by atoms with E-state index in [0.29, 0.717) is 5.56 Å². The largest absolute Gasteiger partial charge is 0.465 e. The predicted molar refractivity (Wildman–Crippen MR) is 72.8 cm³/mol. The summed E-state index contributed by atoms with van der Waals surface area (Å²) in [5.74, 6) is -0.345. The summed E-state index contributed by atoms with van der Waals surface area (Å²) < 4.78 is 5.58. The van der Waals surface area contributed by atoms with Crippen LogP contribution < -0.4 is 0 Å². The lowest BCUT2D eigenvalue weighted by Gasteiger charge is -2.11. The zero-order chi connectivity index (χ0) is 13.1. The second-order valence-electron chi connectivity index (χ2n) is 4.66. The maximum absolute atomic E-state index is 11.4. The summed E-state index contributed by atoms with van der Waals surface area (Å²) in [5.41, 5.74) is 1.25. The number of carbonyl (C=O) groups excluding carboxylic acids is 1. The summed E-state index contributed by atoms with van der Waals surface area (Å²) >= 11 is 3.43. The first-order chi connectivity index (χ1) is 7.83. The summed E-state index contributed by atoms with van der Waals surface area (Å²) in [6, 6.07) is 5.28. The van der Waals surface area contributed by atoms with E-state index in [0.717, 1.165) is 10.0 Å². The molecule has 92 valence electrons. The van der Waals surface area contributed by atoms with Gasteiger partial charge in [0.05, 0.1) is 18.2 Å². The highest BCUT2D eigenvalue weighted by atomic mass is 79.9. The Hall–Kier alpha value is -1.16. The molecule has 0 heterocycles. The number of hydrogen-bond donors (Lipinski definition) is 0. The Labute approximate surface area is 110 Å². The second kappa shape index (κ2) is 5.45. The van der Waals surface area contributed by atoms with Crippen molar-refractivity contribution >= 4 is 28.1 Å². The molecule has 0 spiro atoms. The Morgan fingerprint density at radius 3 is 2.59 bits per heavy atom. The molecule has 0 saturated carbocycles.